The van der Waals surface area contributed by atoms with Crippen LogP contribution < -0.4 is 0 Å². The van der Waals surface area contributed by atoms with Crippen molar-refractivity contribution in [2.45, 2.75) is 71.9 Å². The van der Waals surface area contributed by atoms with Crippen molar-refractivity contribution in [2.75, 3.05) is 13.2 Å². The fourth-order valence-electron chi connectivity index (χ4n) is 3.22. The van der Waals surface area contributed by atoms with Gasteiger partial charge in [-0.2, -0.15) is 8.42 Å². The third-order valence-corrected chi connectivity index (χ3v) is 5.33. The maximum atomic E-state index is 10.6. The highest BCUT2D eigenvalue weighted by molar-refractivity contribution is 7.80. The van der Waals surface area contributed by atoms with E-state index in [4.69, 9.17) is 9.66 Å². The van der Waals surface area contributed by atoms with E-state index in [0.29, 0.717) is 51.3 Å². The van der Waals surface area contributed by atoms with Gasteiger partial charge in [-0.05, 0) is 33.6 Å². The number of aliphatic hydroxyl groups excluding tert-OH is 1. The van der Waals surface area contributed by atoms with Crippen molar-refractivity contribution in [2.24, 2.45) is 0 Å². The lowest BCUT2D eigenvalue weighted by atomic mass is 10.1. The summed E-state index contributed by atoms with van der Waals surface area (Å²) in [4.78, 5) is 2.09. The topological polar surface area (TPSA) is 179 Å². The van der Waals surface area contributed by atoms with Crippen LogP contribution in [-0.4, -0.2) is 81.2 Å². The van der Waals surface area contributed by atoms with Gasteiger partial charge in [-0.25, -0.2) is 8.86 Å². The zero-order valence-corrected chi connectivity index (χ0v) is 20.9. The molecule has 0 aliphatic carbocycles. The predicted molar refractivity (Wildman–Crippen MR) is 122 cm³/mol. The summed E-state index contributed by atoms with van der Waals surface area (Å²) in [5.41, 5.74) is 2.08. The van der Waals surface area contributed by atoms with E-state index in [1.807, 2.05) is 37.8 Å². The number of aliphatic hydroxyl groups is 1. The Labute approximate surface area is 203 Å². The smallest absolute Gasteiger partial charge is 0.396 e. The van der Waals surface area contributed by atoms with Crippen LogP contribution in [-0.2, 0) is 52.8 Å². The number of nitrogens with zero attached hydrogens (tertiary/aromatic N) is 10. The zero-order chi connectivity index (χ0) is 25.5. The third-order valence-electron chi connectivity index (χ3n) is 4.87. The molecule has 0 radical (unpaired) electrons. The molecule has 3 aromatic heterocycles. The molecule has 2 N–H and O–H groups in total. The molecule has 194 valence electrons. The highest BCUT2D eigenvalue weighted by Crippen LogP contribution is 2.15. The SMILES string of the molecule is CC(C)(C)n1cc(CN(Cc2cn(CCCO)nn2)Cc2cn(CCCOS(=O)(=O)O)nn2)nn1. The highest BCUT2D eigenvalue weighted by atomic mass is 32.3. The van der Waals surface area contributed by atoms with Crippen molar-refractivity contribution in [3.8, 4) is 0 Å². The van der Waals surface area contributed by atoms with Crippen LogP contribution in [0.5, 0.6) is 0 Å². The fourth-order valence-corrected chi connectivity index (χ4v) is 3.55. The molecular formula is C19H32N10O5S. The molecule has 0 fully saturated rings. The molecule has 3 rings (SSSR count). The maximum absolute atomic E-state index is 10.6. The normalized spacial score (nSPS) is 12.6. The van der Waals surface area contributed by atoms with Crippen LogP contribution in [0.1, 0.15) is 50.7 Å². The zero-order valence-electron chi connectivity index (χ0n) is 20.1. The summed E-state index contributed by atoms with van der Waals surface area (Å²) in [7, 11) is -4.45. The number of aryl methyl sites for hydroxylation is 2. The van der Waals surface area contributed by atoms with E-state index in [-0.39, 0.29) is 18.8 Å². The van der Waals surface area contributed by atoms with Crippen LogP contribution in [0.25, 0.3) is 0 Å². The van der Waals surface area contributed by atoms with Crippen molar-refractivity contribution in [1.82, 2.24) is 49.9 Å². The molecule has 0 aliphatic heterocycles. The first-order valence-corrected chi connectivity index (χ1v) is 12.5. The van der Waals surface area contributed by atoms with Gasteiger partial charge in [0.15, 0.2) is 0 Å². The highest BCUT2D eigenvalue weighted by Gasteiger charge is 2.18. The predicted octanol–water partition coefficient (Wildman–Crippen LogP) is 0.0104. The van der Waals surface area contributed by atoms with Crippen molar-refractivity contribution in [3.05, 3.63) is 35.7 Å². The monoisotopic (exact) mass is 512 g/mol. The van der Waals surface area contributed by atoms with E-state index in [1.165, 1.54) is 0 Å². The largest absolute Gasteiger partial charge is 0.397 e. The van der Waals surface area contributed by atoms with Crippen molar-refractivity contribution in [1.29, 1.82) is 0 Å². The van der Waals surface area contributed by atoms with Crippen LogP contribution in [0.15, 0.2) is 18.6 Å². The first-order valence-electron chi connectivity index (χ1n) is 11.2. The van der Waals surface area contributed by atoms with Gasteiger partial charge in [0.1, 0.15) is 0 Å². The van der Waals surface area contributed by atoms with Crippen molar-refractivity contribution >= 4 is 10.4 Å². The van der Waals surface area contributed by atoms with Crippen LogP contribution >= 0.6 is 0 Å². The van der Waals surface area contributed by atoms with Crippen molar-refractivity contribution < 1.29 is 22.3 Å². The Kier molecular flexibility index (Phi) is 9.01. The molecule has 0 saturated heterocycles. The van der Waals surface area contributed by atoms with Gasteiger partial charge in [0.05, 0.1) is 35.4 Å². The minimum absolute atomic E-state index is 0.0857. The van der Waals surface area contributed by atoms with Crippen LogP contribution in [0.2, 0.25) is 0 Å². The van der Waals surface area contributed by atoms with E-state index >= 15 is 0 Å². The number of rotatable bonds is 14. The second-order valence-corrected chi connectivity index (χ2v) is 10.2. The van der Waals surface area contributed by atoms with E-state index < -0.39 is 10.4 Å². The molecule has 35 heavy (non-hydrogen) atoms. The Morgan fingerprint density at radius 2 is 1.40 bits per heavy atom. The quantitative estimate of drug-likeness (QED) is 0.219. The second-order valence-electron chi connectivity index (χ2n) is 9.10. The van der Waals surface area contributed by atoms with Crippen LogP contribution in [0.4, 0.5) is 0 Å². The van der Waals surface area contributed by atoms with Gasteiger partial charge < -0.3 is 5.11 Å². The van der Waals surface area contributed by atoms with E-state index in [1.54, 1.807) is 15.6 Å². The molecule has 3 heterocycles. The molecule has 16 heteroatoms. The average Bonchev–Trinajstić information content (AvgIpc) is 3.50. The molecule has 0 amide bonds. The maximum Gasteiger partial charge on any atom is 0.397 e. The average molecular weight is 513 g/mol. The Bertz CT molecular complexity index is 1170. The van der Waals surface area contributed by atoms with E-state index in [0.717, 1.165) is 11.4 Å². The van der Waals surface area contributed by atoms with Gasteiger partial charge in [-0.3, -0.25) is 18.8 Å². The number of aromatic nitrogens is 9. The molecular weight excluding hydrogens is 480 g/mol. The summed E-state index contributed by atoms with van der Waals surface area (Å²) in [6.07, 6.45) is 6.46. The second kappa shape index (κ2) is 11.8. The lowest BCUT2D eigenvalue weighted by Gasteiger charge is -2.19. The molecule has 0 aromatic carbocycles. The van der Waals surface area contributed by atoms with E-state index in [2.05, 4.69) is 40.0 Å². The molecule has 0 aliphatic rings. The van der Waals surface area contributed by atoms with Gasteiger partial charge >= 0.3 is 10.4 Å². The van der Waals surface area contributed by atoms with Gasteiger partial charge in [-0.15, -0.1) is 15.3 Å². The summed E-state index contributed by atoms with van der Waals surface area (Å²) in [5.74, 6) is 0. The summed E-state index contributed by atoms with van der Waals surface area (Å²) >= 11 is 0. The Morgan fingerprint density at radius 1 is 0.886 bits per heavy atom. The summed E-state index contributed by atoms with van der Waals surface area (Å²) in [6.45, 7) is 8.46. The molecule has 0 atom stereocenters. The summed E-state index contributed by atoms with van der Waals surface area (Å²) in [5, 5.41) is 34.2. The molecule has 3 aromatic rings. The van der Waals surface area contributed by atoms with Gasteiger partial charge in [0, 0.05) is 51.7 Å². The fraction of sp³-hybridized carbons (Fsp3) is 0.684. The van der Waals surface area contributed by atoms with E-state index in [9.17, 15) is 8.42 Å². The molecule has 0 spiro atoms. The molecule has 0 unspecified atom stereocenters. The van der Waals surface area contributed by atoms with Crippen LogP contribution in [0.3, 0.4) is 0 Å². The molecule has 0 saturated carbocycles. The minimum Gasteiger partial charge on any atom is -0.396 e. The number of hydrogen-bond acceptors (Lipinski definition) is 11. The van der Waals surface area contributed by atoms with Crippen LogP contribution in [0, 0.1) is 0 Å². The van der Waals surface area contributed by atoms with Crippen molar-refractivity contribution in [3.63, 3.8) is 0 Å². The van der Waals surface area contributed by atoms with Gasteiger partial charge in [-0.1, -0.05) is 15.6 Å². The Hall–Kier alpha value is -2.79. The standard InChI is InChI=1S/C19H32N10O5S/c1-19(2,3)29-15-18(22-25-29)12-26(10-16-13-27(23-20-16)6-4-8-30)11-17-14-28(24-21-17)7-5-9-34-35(31,32)33/h13-15,30H,4-12H2,1-3H3,(H,31,32,33). The Balaban J connectivity index is 1.66. The van der Waals surface area contributed by atoms with Gasteiger partial charge in [0.2, 0.25) is 0 Å². The van der Waals surface area contributed by atoms with Gasteiger partial charge in [0.25, 0.3) is 0 Å². The lowest BCUT2D eigenvalue weighted by molar-refractivity contribution is 0.238. The minimum atomic E-state index is -4.45. The number of hydrogen-bond donors (Lipinski definition) is 2. The molecule has 15 nitrogen and oxygen atoms in total. The third kappa shape index (κ3) is 9.06. The Morgan fingerprint density at radius 3 is 1.89 bits per heavy atom. The lowest BCUT2D eigenvalue weighted by Crippen LogP contribution is -2.24. The molecule has 0 bridgehead atoms. The first-order chi connectivity index (χ1) is 16.5. The summed E-state index contributed by atoms with van der Waals surface area (Å²) in [6, 6.07) is 0. The first kappa shape index (κ1) is 26.8. The summed E-state index contributed by atoms with van der Waals surface area (Å²) < 4.78 is 39.3.